The van der Waals surface area contributed by atoms with Crippen LogP contribution in [0.2, 0.25) is 0 Å². The zero-order valence-corrected chi connectivity index (χ0v) is 8.55. The van der Waals surface area contributed by atoms with Gasteiger partial charge in [-0.05, 0) is 35.6 Å². The average molecular weight is 264 g/mol. The zero-order chi connectivity index (χ0) is 8.43. The number of hydrogen-bond acceptors (Lipinski definition) is 3. The van der Waals surface area contributed by atoms with Crippen LogP contribution in [0, 0.1) is 10.5 Å². The van der Waals surface area contributed by atoms with Gasteiger partial charge in [-0.1, -0.05) is 0 Å². The average Bonchev–Trinajstić information content (AvgIpc) is 1.96. The van der Waals surface area contributed by atoms with Crippen molar-refractivity contribution in [2.75, 3.05) is 12.8 Å². The molecule has 1 aromatic heterocycles. The Morgan fingerprint density at radius 3 is 2.82 bits per heavy atom. The van der Waals surface area contributed by atoms with Gasteiger partial charge in [0.05, 0.1) is 16.4 Å². The van der Waals surface area contributed by atoms with E-state index in [1.54, 1.807) is 7.11 Å². The molecule has 0 atom stereocenters. The van der Waals surface area contributed by atoms with Crippen LogP contribution in [-0.2, 0) is 0 Å². The zero-order valence-electron chi connectivity index (χ0n) is 6.39. The first-order valence-corrected chi connectivity index (χ1v) is 4.19. The monoisotopic (exact) mass is 264 g/mol. The lowest BCUT2D eigenvalue weighted by atomic mass is 10.3. The van der Waals surface area contributed by atoms with E-state index in [9.17, 15) is 0 Å². The molecule has 1 rings (SSSR count). The van der Waals surface area contributed by atoms with E-state index in [4.69, 9.17) is 10.5 Å². The Labute approximate surface area is 79.1 Å². The Balaban J connectivity index is 3.24. The van der Waals surface area contributed by atoms with Crippen LogP contribution in [0.15, 0.2) is 6.07 Å². The van der Waals surface area contributed by atoms with Crippen molar-refractivity contribution >= 4 is 28.3 Å². The standard InChI is InChI=1S/C7H9IN2O/c1-4-3-5(9)6(8)7(10-4)11-2/h3H,1-2H3,(H2,9,10). The smallest absolute Gasteiger partial charge is 0.229 e. The molecule has 0 radical (unpaired) electrons. The number of nitrogen functional groups attached to an aromatic ring is 1. The molecule has 2 N–H and O–H groups in total. The summed E-state index contributed by atoms with van der Waals surface area (Å²) in [5.41, 5.74) is 7.26. The Morgan fingerprint density at radius 2 is 2.27 bits per heavy atom. The van der Waals surface area contributed by atoms with Crippen molar-refractivity contribution in [3.63, 3.8) is 0 Å². The molecule has 3 nitrogen and oxygen atoms in total. The minimum Gasteiger partial charge on any atom is -0.480 e. The van der Waals surface area contributed by atoms with Gasteiger partial charge in [-0.25, -0.2) is 4.98 Å². The van der Waals surface area contributed by atoms with Crippen molar-refractivity contribution in [1.29, 1.82) is 0 Å². The second kappa shape index (κ2) is 3.25. The molecule has 0 amide bonds. The fourth-order valence-electron chi connectivity index (χ4n) is 0.789. The molecule has 1 aromatic rings. The lowest BCUT2D eigenvalue weighted by molar-refractivity contribution is 0.394. The van der Waals surface area contributed by atoms with Crippen LogP contribution in [-0.4, -0.2) is 12.1 Å². The van der Waals surface area contributed by atoms with E-state index in [0.29, 0.717) is 5.88 Å². The Kier molecular flexibility index (Phi) is 2.53. The molecule has 0 aliphatic rings. The van der Waals surface area contributed by atoms with Crippen LogP contribution < -0.4 is 10.5 Å². The molecule has 4 heteroatoms. The van der Waals surface area contributed by atoms with Crippen LogP contribution in [0.5, 0.6) is 5.88 Å². The summed E-state index contributed by atoms with van der Waals surface area (Å²) in [7, 11) is 1.59. The molecule has 0 unspecified atom stereocenters. The molecule has 1 heterocycles. The largest absolute Gasteiger partial charge is 0.480 e. The van der Waals surface area contributed by atoms with Crippen molar-refractivity contribution < 1.29 is 4.74 Å². The predicted octanol–water partition coefficient (Wildman–Crippen LogP) is 1.59. The molecule has 60 valence electrons. The SMILES string of the molecule is COc1nc(C)cc(N)c1I. The number of methoxy groups -OCH3 is 1. The normalized spacial score (nSPS) is 9.73. The van der Waals surface area contributed by atoms with Gasteiger partial charge in [0.2, 0.25) is 5.88 Å². The third-order valence-electron chi connectivity index (χ3n) is 1.28. The predicted molar refractivity (Wildman–Crippen MR) is 52.7 cm³/mol. The fourth-order valence-corrected chi connectivity index (χ4v) is 1.29. The molecule has 0 saturated carbocycles. The van der Waals surface area contributed by atoms with Crippen molar-refractivity contribution in [3.8, 4) is 5.88 Å². The van der Waals surface area contributed by atoms with Crippen molar-refractivity contribution in [2.24, 2.45) is 0 Å². The Hall–Kier alpha value is -0.520. The molecule has 0 aromatic carbocycles. The number of halogens is 1. The number of ether oxygens (including phenoxy) is 1. The summed E-state index contributed by atoms with van der Waals surface area (Å²) in [6, 6.07) is 1.82. The van der Waals surface area contributed by atoms with Crippen molar-refractivity contribution in [1.82, 2.24) is 4.98 Å². The first-order valence-electron chi connectivity index (χ1n) is 3.11. The maximum Gasteiger partial charge on any atom is 0.229 e. The summed E-state index contributed by atoms with van der Waals surface area (Å²) in [4.78, 5) is 4.14. The van der Waals surface area contributed by atoms with Gasteiger partial charge in [0.15, 0.2) is 0 Å². The van der Waals surface area contributed by atoms with Crippen LogP contribution in [0.3, 0.4) is 0 Å². The Bertz CT molecular complexity index is 275. The van der Waals surface area contributed by atoms with E-state index in [0.717, 1.165) is 15.0 Å². The van der Waals surface area contributed by atoms with Crippen LogP contribution in [0.25, 0.3) is 0 Å². The van der Waals surface area contributed by atoms with Gasteiger partial charge in [0.25, 0.3) is 0 Å². The maximum absolute atomic E-state index is 5.67. The van der Waals surface area contributed by atoms with Gasteiger partial charge >= 0.3 is 0 Å². The van der Waals surface area contributed by atoms with E-state index in [2.05, 4.69) is 27.6 Å². The molecule has 0 spiro atoms. The minimum absolute atomic E-state index is 0.600. The summed E-state index contributed by atoms with van der Waals surface area (Å²) in [6.07, 6.45) is 0. The molecule has 0 bridgehead atoms. The Morgan fingerprint density at radius 1 is 1.64 bits per heavy atom. The van der Waals surface area contributed by atoms with Gasteiger partial charge in [0, 0.05) is 5.69 Å². The third kappa shape index (κ3) is 1.74. The lowest BCUT2D eigenvalue weighted by Gasteiger charge is -2.05. The molecule has 0 aliphatic heterocycles. The van der Waals surface area contributed by atoms with Crippen molar-refractivity contribution in [3.05, 3.63) is 15.3 Å². The molecular weight excluding hydrogens is 255 g/mol. The summed E-state index contributed by atoms with van der Waals surface area (Å²) in [5, 5.41) is 0. The highest BCUT2D eigenvalue weighted by Crippen LogP contribution is 2.24. The first kappa shape index (κ1) is 8.58. The van der Waals surface area contributed by atoms with E-state index < -0.39 is 0 Å². The highest BCUT2D eigenvalue weighted by molar-refractivity contribution is 14.1. The van der Waals surface area contributed by atoms with Crippen LogP contribution in [0.4, 0.5) is 5.69 Å². The number of hydrogen-bond donors (Lipinski definition) is 1. The highest BCUT2D eigenvalue weighted by atomic mass is 127. The summed E-state index contributed by atoms with van der Waals surface area (Å²) in [6.45, 7) is 1.88. The second-order valence-corrected chi connectivity index (χ2v) is 3.25. The van der Waals surface area contributed by atoms with Gasteiger partial charge in [-0.3, -0.25) is 0 Å². The van der Waals surface area contributed by atoms with Crippen molar-refractivity contribution in [2.45, 2.75) is 6.92 Å². The molecule has 11 heavy (non-hydrogen) atoms. The molecule has 0 fully saturated rings. The lowest BCUT2D eigenvalue weighted by Crippen LogP contribution is -1.98. The summed E-state index contributed by atoms with van der Waals surface area (Å²) >= 11 is 2.11. The van der Waals surface area contributed by atoms with E-state index in [-0.39, 0.29) is 0 Å². The topological polar surface area (TPSA) is 48.1 Å². The number of nitrogens with zero attached hydrogens (tertiary/aromatic N) is 1. The number of anilines is 1. The molecule has 0 saturated heterocycles. The molecule has 0 aliphatic carbocycles. The van der Waals surface area contributed by atoms with E-state index in [1.807, 2.05) is 13.0 Å². The number of aryl methyl sites for hydroxylation is 1. The molecular formula is C7H9IN2O. The number of aromatic nitrogens is 1. The summed E-state index contributed by atoms with van der Waals surface area (Å²) < 4.78 is 5.88. The van der Waals surface area contributed by atoms with Gasteiger partial charge in [-0.15, -0.1) is 0 Å². The van der Waals surface area contributed by atoms with E-state index in [1.165, 1.54) is 0 Å². The quantitative estimate of drug-likeness (QED) is 0.783. The first-order chi connectivity index (χ1) is 5.15. The number of rotatable bonds is 1. The number of pyridine rings is 1. The van der Waals surface area contributed by atoms with Crippen LogP contribution in [0.1, 0.15) is 5.69 Å². The van der Waals surface area contributed by atoms with Gasteiger partial charge in [0.1, 0.15) is 0 Å². The fraction of sp³-hybridized carbons (Fsp3) is 0.286. The van der Waals surface area contributed by atoms with E-state index >= 15 is 0 Å². The summed E-state index contributed by atoms with van der Waals surface area (Å²) in [5.74, 6) is 0.600. The highest BCUT2D eigenvalue weighted by Gasteiger charge is 2.05. The number of nitrogens with two attached hydrogens (primary N) is 1. The van der Waals surface area contributed by atoms with Gasteiger partial charge in [-0.2, -0.15) is 0 Å². The van der Waals surface area contributed by atoms with Crippen LogP contribution >= 0.6 is 22.6 Å². The minimum atomic E-state index is 0.600. The third-order valence-corrected chi connectivity index (χ3v) is 2.36. The van der Waals surface area contributed by atoms with Gasteiger partial charge < -0.3 is 10.5 Å². The maximum atomic E-state index is 5.67. The second-order valence-electron chi connectivity index (χ2n) is 2.18.